The van der Waals surface area contributed by atoms with Crippen LogP contribution in [-0.2, 0) is 4.79 Å². The lowest BCUT2D eigenvalue weighted by molar-refractivity contribution is -0.120. The molecule has 0 aliphatic carbocycles. The number of amides is 1. The van der Waals surface area contributed by atoms with Gasteiger partial charge >= 0.3 is 0 Å². The molecule has 1 amide bonds. The van der Waals surface area contributed by atoms with E-state index in [0.29, 0.717) is 0 Å². The number of nitrogens with zero attached hydrogens (tertiary/aromatic N) is 1. The van der Waals surface area contributed by atoms with Crippen LogP contribution in [0.4, 0.5) is 0 Å². The van der Waals surface area contributed by atoms with Crippen LogP contribution in [0, 0.1) is 0 Å². The highest BCUT2D eigenvalue weighted by Crippen LogP contribution is 2.36. The van der Waals surface area contributed by atoms with Crippen LogP contribution in [-0.4, -0.2) is 22.1 Å². The summed E-state index contributed by atoms with van der Waals surface area (Å²) in [6.45, 7) is 6.04. The van der Waals surface area contributed by atoms with Gasteiger partial charge in [-0.15, -0.1) is 11.8 Å². The van der Waals surface area contributed by atoms with Crippen LogP contribution in [0.3, 0.4) is 0 Å². The maximum atomic E-state index is 11.6. The van der Waals surface area contributed by atoms with Gasteiger partial charge in [-0.3, -0.25) is 4.79 Å². The van der Waals surface area contributed by atoms with E-state index in [1.54, 1.807) is 11.8 Å². The summed E-state index contributed by atoms with van der Waals surface area (Å²) in [5, 5.41) is 0. The van der Waals surface area contributed by atoms with Crippen molar-refractivity contribution in [2.45, 2.75) is 38.4 Å². The second-order valence-corrected chi connectivity index (χ2v) is 4.50. The molecule has 0 bridgehead atoms. The third-order valence-corrected chi connectivity index (χ3v) is 4.25. The summed E-state index contributed by atoms with van der Waals surface area (Å²) >= 11 is 1.75. The van der Waals surface area contributed by atoms with Crippen LogP contribution in [0.2, 0.25) is 0 Å². The average molecular weight is 185 g/mol. The van der Waals surface area contributed by atoms with Gasteiger partial charge in [0.25, 0.3) is 5.91 Å². The molecule has 2 nitrogen and oxygen atoms in total. The summed E-state index contributed by atoms with van der Waals surface area (Å²) in [6.07, 6.45) is 1.79. The number of hydrogen-bond donors (Lipinski definition) is 0. The van der Waals surface area contributed by atoms with Gasteiger partial charge in [-0.2, -0.15) is 0 Å². The van der Waals surface area contributed by atoms with Crippen molar-refractivity contribution in [2.75, 3.05) is 5.75 Å². The minimum atomic E-state index is -0.209. The van der Waals surface area contributed by atoms with Gasteiger partial charge in [0, 0.05) is 11.5 Å². The van der Waals surface area contributed by atoms with E-state index in [4.69, 9.17) is 0 Å². The van der Waals surface area contributed by atoms with E-state index in [0.717, 1.165) is 24.3 Å². The van der Waals surface area contributed by atoms with Gasteiger partial charge in [-0.05, 0) is 19.8 Å². The summed E-state index contributed by atoms with van der Waals surface area (Å²) in [5.74, 6) is 0.981. The monoisotopic (exact) mass is 185 g/mol. The normalized spacial score (nSPS) is 22.2. The van der Waals surface area contributed by atoms with E-state index in [-0.39, 0.29) is 10.7 Å². The fourth-order valence-corrected chi connectivity index (χ4v) is 2.50. The van der Waals surface area contributed by atoms with E-state index >= 15 is 0 Å². The van der Waals surface area contributed by atoms with Crippen LogP contribution in [0.15, 0.2) is 4.99 Å². The number of carbonyl (C=O) groups is 1. The first kappa shape index (κ1) is 9.78. The highest BCUT2D eigenvalue weighted by Gasteiger charge is 2.37. The van der Waals surface area contributed by atoms with Crippen LogP contribution < -0.4 is 0 Å². The van der Waals surface area contributed by atoms with E-state index in [9.17, 15) is 4.79 Å². The fourth-order valence-electron chi connectivity index (χ4n) is 1.37. The zero-order chi connectivity index (χ0) is 9.19. The van der Waals surface area contributed by atoms with E-state index in [1.807, 2.05) is 6.92 Å². The average Bonchev–Trinajstić information content (AvgIpc) is 2.06. The lowest BCUT2D eigenvalue weighted by atomic mass is 10.0. The zero-order valence-electron chi connectivity index (χ0n) is 7.89. The molecule has 0 unspecified atom stereocenters. The molecule has 0 atom stereocenters. The Hall–Kier alpha value is -0.310. The molecule has 0 saturated carbocycles. The van der Waals surface area contributed by atoms with Crippen molar-refractivity contribution in [1.29, 1.82) is 0 Å². The molecule has 0 spiro atoms. The lowest BCUT2D eigenvalue weighted by Gasteiger charge is -2.30. The van der Waals surface area contributed by atoms with E-state index in [2.05, 4.69) is 18.8 Å². The standard InChI is InChI=1S/C9H15NOS/c1-4-9(5-2)8(11)10-7(3)6-12-9/h4-6H2,1-3H3. The molecular formula is C9H15NOS. The molecule has 1 heterocycles. The maximum absolute atomic E-state index is 11.6. The largest absolute Gasteiger partial charge is 0.271 e. The second-order valence-electron chi connectivity index (χ2n) is 3.14. The van der Waals surface area contributed by atoms with Crippen molar-refractivity contribution in [3.05, 3.63) is 0 Å². The Balaban J connectivity index is 2.88. The van der Waals surface area contributed by atoms with Crippen LogP contribution >= 0.6 is 11.8 Å². The van der Waals surface area contributed by atoms with E-state index in [1.165, 1.54) is 0 Å². The van der Waals surface area contributed by atoms with Crippen molar-refractivity contribution in [2.24, 2.45) is 4.99 Å². The molecule has 68 valence electrons. The third kappa shape index (κ3) is 1.56. The highest BCUT2D eigenvalue weighted by atomic mass is 32.2. The number of thioether (sulfide) groups is 1. The topological polar surface area (TPSA) is 29.4 Å². The van der Waals surface area contributed by atoms with Gasteiger partial charge in [-0.25, -0.2) is 4.99 Å². The molecule has 0 saturated heterocycles. The summed E-state index contributed by atoms with van der Waals surface area (Å²) in [5.41, 5.74) is 0.961. The predicted molar refractivity (Wildman–Crippen MR) is 53.9 cm³/mol. The number of rotatable bonds is 2. The van der Waals surface area contributed by atoms with Crippen molar-refractivity contribution in [3.8, 4) is 0 Å². The van der Waals surface area contributed by atoms with E-state index < -0.39 is 0 Å². The summed E-state index contributed by atoms with van der Waals surface area (Å²) in [4.78, 5) is 15.6. The number of carbonyl (C=O) groups excluding carboxylic acids is 1. The predicted octanol–water partition coefficient (Wildman–Crippen LogP) is 2.28. The molecule has 3 heteroatoms. The minimum absolute atomic E-state index is 0.0706. The number of hydrogen-bond acceptors (Lipinski definition) is 2. The summed E-state index contributed by atoms with van der Waals surface area (Å²) in [7, 11) is 0. The fraction of sp³-hybridized carbons (Fsp3) is 0.778. The molecule has 0 radical (unpaired) electrons. The highest BCUT2D eigenvalue weighted by molar-refractivity contribution is 8.02. The molecule has 0 aromatic rings. The van der Waals surface area contributed by atoms with Crippen molar-refractivity contribution in [1.82, 2.24) is 0 Å². The Bertz CT molecular complexity index is 219. The molecular weight excluding hydrogens is 170 g/mol. The zero-order valence-corrected chi connectivity index (χ0v) is 8.70. The Morgan fingerprint density at radius 2 is 2.08 bits per heavy atom. The first-order valence-electron chi connectivity index (χ1n) is 4.37. The number of aliphatic imine (C=N–C) groups is 1. The second kappa shape index (κ2) is 3.60. The third-order valence-electron chi connectivity index (χ3n) is 2.38. The first-order chi connectivity index (χ1) is 5.64. The van der Waals surface area contributed by atoms with Crippen LogP contribution in [0.25, 0.3) is 0 Å². The molecule has 1 aliphatic heterocycles. The van der Waals surface area contributed by atoms with Gasteiger partial charge in [0.15, 0.2) is 0 Å². The quantitative estimate of drug-likeness (QED) is 0.660. The summed E-state index contributed by atoms with van der Waals surface area (Å²) < 4.78 is -0.209. The van der Waals surface area contributed by atoms with Gasteiger partial charge in [-0.1, -0.05) is 13.8 Å². The Morgan fingerprint density at radius 1 is 1.50 bits per heavy atom. The molecule has 0 aromatic carbocycles. The Kier molecular flexibility index (Phi) is 2.94. The molecule has 12 heavy (non-hydrogen) atoms. The molecule has 1 rings (SSSR count). The Morgan fingerprint density at radius 3 is 2.50 bits per heavy atom. The van der Waals surface area contributed by atoms with Gasteiger partial charge < -0.3 is 0 Å². The van der Waals surface area contributed by atoms with Gasteiger partial charge in [0.1, 0.15) is 0 Å². The lowest BCUT2D eigenvalue weighted by Crippen LogP contribution is -2.37. The minimum Gasteiger partial charge on any atom is -0.271 e. The SMILES string of the molecule is CCC1(CC)SCC(C)=NC1=O. The summed E-state index contributed by atoms with van der Waals surface area (Å²) in [6, 6.07) is 0. The van der Waals surface area contributed by atoms with Crippen LogP contribution in [0.1, 0.15) is 33.6 Å². The molecule has 0 aromatic heterocycles. The van der Waals surface area contributed by atoms with Crippen molar-refractivity contribution >= 4 is 23.4 Å². The maximum Gasteiger partial charge on any atom is 0.261 e. The molecule has 0 fully saturated rings. The Labute approximate surface area is 77.8 Å². The van der Waals surface area contributed by atoms with Gasteiger partial charge in [0.2, 0.25) is 0 Å². The van der Waals surface area contributed by atoms with Crippen LogP contribution in [0.5, 0.6) is 0 Å². The molecule has 0 N–H and O–H groups in total. The first-order valence-corrected chi connectivity index (χ1v) is 5.35. The smallest absolute Gasteiger partial charge is 0.261 e. The van der Waals surface area contributed by atoms with Crippen molar-refractivity contribution < 1.29 is 4.79 Å². The van der Waals surface area contributed by atoms with Crippen molar-refractivity contribution in [3.63, 3.8) is 0 Å². The molecule has 1 aliphatic rings. The van der Waals surface area contributed by atoms with Gasteiger partial charge in [0.05, 0.1) is 4.75 Å².